The Balaban J connectivity index is 2.97. The highest BCUT2D eigenvalue weighted by Gasteiger charge is 2.05. The van der Waals surface area contributed by atoms with Crippen LogP contribution >= 0.6 is 0 Å². The van der Waals surface area contributed by atoms with Crippen LogP contribution in [0.3, 0.4) is 0 Å². The van der Waals surface area contributed by atoms with E-state index in [-0.39, 0.29) is 5.69 Å². The average molecular weight is 182 g/mol. The molecule has 0 saturated carbocycles. The minimum absolute atomic E-state index is 0.243. The Hall–Kier alpha value is -1.78. The van der Waals surface area contributed by atoms with E-state index in [1.807, 2.05) is 0 Å². The van der Waals surface area contributed by atoms with Crippen molar-refractivity contribution >= 4 is 12.0 Å². The monoisotopic (exact) mass is 182 g/mol. The smallest absolute Gasteiger partial charge is 0.364 e. The summed E-state index contributed by atoms with van der Waals surface area (Å²) in [6.45, 7) is 1.63. The molecule has 1 N–H and O–H groups in total. The number of aliphatic carboxylic acids is 1. The van der Waals surface area contributed by atoms with Gasteiger partial charge in [0.15, 0.2) is 0 Å². The summed E-state index contributed by atoms with van der Waals surface area (Å²) < 4.78 is 12.5. The van der Waals surface area contributed by atoms with Crippen LogP contribution in [0.25, 0.3) is 6.08 Å². The van der Waals surface area contributed by atoms with Gasteiger partial charge in [0.2, 0.25) is 5.83 Å². The highest BCUT2D eigenvalue weighted by Crippen LogP contribution is 2.04. The quantitative estimate of drug-likeness (QED) is 0.697. The van der Waals surface area contributed by atoms with Gasteiger partial charge in [-0.2, -0.15) is 4.39 Å². The molecule has 0 fully saturated rings. The molecule has 0 aliphatic rings. The Morgan fingerprint density at radius 1 is 1.69 bits per heavy atom. The van der Waals surface area contributed by atoms with Gasteiger partial charge in [0.25, 0.3) is 0 Å². The first-order valence-electron chi connectivity index (χ1n) is 3.50. The number of hydrogen-bond acceptors (Lipinski definition) is 3. The summed E-state index contributed by atoms with van der Waals surface area (Å²) in [5.41, 5.74) is 0.243. The molecule has 0 aliphatic carbocycles. The van der Waals surface area contributed by atoms with Crippen LogP contribution in [0.5, 0.6) is 0 Å². The first kappa shape index (κ1) is 9.31. The second kappa shape index (κ2) is 3.75. The number of rotatable bonds is 2. The molecule has 0 aromatic carbocycles. The lowest BCUT2D eigenvalue weighted by Crippen LogP contribution is -1.96. The molecule has 5 heteroatoms. The fourth-order valence-corrected chi connectivity index (χ4v) is 0.746. The summed E-state index contributed by atoms with van der Waals surface area (Å²) in [7, 11) is 0. The molecule has 0 unspecified atom stereocenters. The lowest BCUT2D eigenvalue weighted by atomic mass is 10.3. The maximum Gasteiger partial charge on any atom is 0.364 e. The van der Waals surface area contributed by atoms with Crippen LogP contribution in [0.4, 0.5) is 4.39 Å². The largest absolute Gasteiger partial charge is 0.476 e. The lowest BCUT2D eigenvalue weighted by molar-refractivity contribution is -0.134. The first-order chi connectivity index (χ1) is 6.09. The standard InChI is InChI=1S/C8H7FN2O2/c1-5-10-3-2-6(11-5)4-7(9)8(12)13/h2-4H,1H3,(H,12,13)/b7-4-. The van der Waals surface area contributed by atoms with Crippen LogP contribution in [0.2, 0.25) is 0 Å². The molecule has 1 aromatic heterocycles. The van der Waals surface area contributed by atoms with Crippen molar-refractivity contribution in [1.82, 2.24) is 9.97 Å². The number of hydrogen-bond donors (Lipinski definition) is 1. The molecular weight excluding hydrogens is 175 g/mol. The zero-order chi connectivity index (χ0) is 9.84. The fraction of sp³-hybridized carbons (Fsp3) is 0.125. The molecule has 0 bridgehead atoms. The van der Waals surface area contributed by atoms with E-state index in [9.17, 15) is 9.18 Å². The van der Waals surface area contributed by atoms with Crippen molar-refractivity contribution in [3.63, 3.8) is 0 Å². The van der Waals surface area contributed by atoms with Gasteiger partial charge in [0.1, 0.15) is 5.82 Å². The van der Waals surface area contributed by atoms with Crippen molar-refractivity contribution in [3.8, 4) is 0 Å². The first-order valence-corrected chi connectivity index (χ1v) is 3.50. The van der Waals surface area contributed by atoms with Crippen molar-refractivity contribution in [1.29, 1.82) is 0 Å². The molecular formula is C8H7FN2O2. The van der Waals surface area contributed by atoms with E-state index in [4.69, 9.17) is 5.11 Å². The second-order valence-electron chi connectivity index (χ2n) is 2.33. The molecule has 0 saturated heterocycles. The highest BCUT2D eigenvalue weighted by atomic mass is 19.1. The Morgan fingerprint density at radius 2 is 2.38 bits per heavy atom. The maximum atomic E-state index is 12.5. The zero-order valence-electron chi connectivity index (χ0n) is 6.86. The Bertz CT molecular complexity index is 363. The summed E-state index contributed by atoms with van der Waals surface area (Å²) in [5.74, 6) is -2.37. The van der Waals surface area contributed by atoms with Crippen LogP contribution < -0.4 is 0 Å². The number of aryl methyl sites for hydroxylation is 1. The van der Waals surface area contributed by atoms with Gasteiger partial charge in [-0.05, 0) is 13.0 Å². The summed E-state index contributed by atoms with van der Waals surface area (Å²) in [6.07, 6.45) is 2.28. The number of carboxylic acid groups (broad SMARTS) is 1. The van der Waals surface area contributed by atoms with Gasteiger partial charge in [-0.1, -0.05) is 0 Å². The molecule has 1 aromatic rings. The maximum absolute atomic E-state index is 12.5. The lowest BCUT2D eigenvalue weighted by Gasteiger charge is -1.93. The fourth-order valence-electron chi connectivity index (χ4n) is 0.746. The van der Waals surface area contributed by atoms with Crippen molar-refractivity contribution in [2.24, 2.45) is 0 Å². The zero-order valence-corrected chi connectivity index (χ0v) is 6.86. The molecule has 0 amide bonds. The van der Waals surface area contributed by atoms with E-state index in [1.54, 1.807) is 6.92 Å². The molecule has 13 heavy (non-hydrogen) atoms. The summed E-state index contributed by atoms with van der Waals surface area (Å²) >= 11 is 0. The van der Waals surface area contributed by atoms with E-state index >= 15 is 0 Å². The van der Waals surface area contributed by atoms with E-state index < -0.39 is 11.8 Å². The molecule has 0 spiro atoms. The molecule has 68 valence electrons. The van der Waals surface area contributed by atoms with Gasteiger partial charge >= 0.3 is 5.97 Å². The summed E-state index contributed by atoms with van der Waals surface area (Å²) in [4.78, 5) is 17.7. The third kappa shape index (κ3) is 2.62. The normalized spacial score (nSPS) is 11.4. The van der Waals surface area contributed by atoms with Crippen LogP contribution in [0.15, 0.2) is 18.1 Å². The van der Waals surface area contributed by atoms with Gasteiger partial charge in [-0.3, -0.25) is 0 Å². The molecule has 4 nitrogen and oxygen atoms in total. The molecule has 1 heterocycles. The minimum atomic E-state index is -1.60. The summed E-state index contributed by atoms with van der Waals surface area (Å²) in [5, 5.41) is 8.23. The SMILES string of the molecule is Cc1nccc(/C=C(\F)C(=O)O)n1. The van der Waals surface area contributed by atoms with Crippen LogP contribution in [-0.2, 0) is 4.79 Å². The van der Waals surface area contributed by atoms with Crippen molar-refractivity contribution in [2.45, 2.75) is 6.92 Å². The van der Waals surface area contributed by atoms with Crippen LogP contribution in [0.1, 0.15) is 11.5 Å². The number of carbonyl (C=O) groups is 1. The predicted molar refractivity (Wildman–Crippen MR) is 43.5 cm³/mol. The third-order valence-corrected chi connectivity index (χ3v) is 1.28. The Kier molecular flexibility index (Phi) is 2.69. The van der Waals surface area contributed by atoms with Crippen molar-refractivity contribution in [2.75, 3.05) is 0 Å². The highest BCUT2D eigenvalue weighted by molar-refractivity contribution is 5.89. The van der Waals surface area contributed by atoms with E-state index in [1.165, 1.54) is 12.3 Å². The Morgan fingerprint density at radius 3 is 2.92 bits per heavy atom. The molecule has 0 radical (unpaired) electrons. The van der Waals surface area contributed by atoms with E-state index in [0.29, 0.717) is 5.82 Å². The van der Waals surface area contributed by atoms with Gasteiger partial charge < -0.3 is 5.11 Å². The summed E-state index contributed by atoms with van der Waals surface area (Å²) in [6, 6.07) is 1.43. The third-order valence-electron chi connectivity index (χ3n) is 1.28. The second-order valence-corrected chi connectivity index (χ2v) is 2.33. The Labute approximate surface area is 73.8 Å². The minimum Gasteiger partial charge on any atom is -0.476 e. The number of carboxylic acids is 1. The topological polar surface area (TPSA) is 63.1 Å². The average Bonchev–Trinajstić information content (AvgIpc) is 2.04. The van der Waals surface area contributed by atoms with Gasteiger partial charge in [0, 0.05) is 12.3 Å². The number of halogens is 1. The molecule has 0 atom stereocenters. The number of nitrogens with zero attached hydrogens (tertiary/aromatic N) is 2. The van der Waals surface area contributed by atoms with Gasteiger partial charge in [-0.25, -0.2) is 14.8 Å². The van der Waals surface area contributed by atoms with Crippen molar-refractivity contribution in [3.05, 3.63) is 29.6 Å². The van der Waals surface area contributed by atoms with Crippen molar-refractivity contribution < 1.29 is 14.3 Å². The molecule has 0 aliphatic heterocycles. The molecule has 1 rings (SSSR count). The van der Waals surface area contributed by atoms with Gasteiger partial charge in [0.05, 0.1) is 5.69 Å². The van der Waals surface area contributed by atoms with E-state index in [2.05, 4.69) is 9.97 Å². The van der Waals surface area contributed by atoms with Gasteiger partial charge in [-0.15, -0.1) is 0 Å². The predicted octanol–water partition coefficient (Wildman–Crippen LogP) is 1.18. The van der Waals surface area contributed by atoms with Crippen LogP contribution in [-0.4, -0.2) is 21.0 Å². The van der Waals surface area contributed by atoms with Crippen LogP contribution in [0, 0.1) is 6.92 Å². The number of aromatic nitrogens is 2. The van der Waals surface area contributed by atoms with E-state index in [0.717, 1.165) is 6.08 Å².